The molecule has 5 nitrogen and oxygen atoms in total. The van der Waals surface area contributed by atoms with Crippen molar-refractivity contribution in [2.45, 2.75) is 95.1 Å². The van der Waals surface area contributed by atoms with Gasteiger partial charge in [0.05, 0.1) is 11.0 Å². The second-order valence-corrected chi connectivity index (χ2v) is 10.4. The van der Waals surface area contributed by atoms with Gasteiger partial charge in [-0.3, -0.25) is 4.90 Å². The van der Waals surface area contributed by atoms with Gasteiger partial charge in [-0.05, 0) is 64.1 Å². The van der Waals surface area contributed by atoms with Gasteiger partial charge in [0.1, 0.15) is 5.82 Å². The molecule has 3 heterocycles. The molecule has 3 fully saturated rings. The first-order valence-corrected chi connectivity index (χ1v) is 12.7. The molecule has 196 valence electrons. The number of benzene rings is 1. The highest BCUT2D eigenvalue weighted by atomic mass is 35.5. The number of rotatable bonds is 3. The number of hydrogen-bond donors (Lipinski definition) is 1. The lowest BCUT2D eigenvalue weighted by Gasteiger charge is -2.46. The van der Waals surface area contributed by atoms with Gasteiger partial charge in [0.25, 0.3) is 0 Å². The standard InChI is InChI=1S/C26H40N4.3ClH.H2O/c1-26(15-7-3-2-4-8-16-26)29-18-13-22(14-19-29)30-24-12-6-5-11-23(24)28-25(30)21-10-9-17-27-20-21;;;;/h5-6,11-12,21-22,27H,2-4,7-10,13-20H2,1H3;3*1H;1H2/t21-;;;;/m1..../s1. The van der Waals surface area contributed by atoms with Crippen LogP contribution in [0.2, 0.25) is 0 Å². The molecule has 1 aliphatic carbocycles. The topological polar surface area (TPSA) is 64.6 Å². The van der Waals surface area contributed by atoms with Crippen LogP contribution in [0.4, 0.5) is 0 Å². The monoisotopic (exact) mass is 534 g/mol. The van der Waals surface area contributed by atoms with E-state index in [4.69, 9.17) is 4.98 Å². The number of piperidine rings is 2. The lowest BCUT2D eigenvalue weighted by atomic mass is 9.82. The normalized spacial score (nSPS) is 23.9. The maximum absolute atomic E-state index is 5.17. The third kappa shape index (κ3) is 6.60. The average Bonchev–Trinajstić information content (AvgIpc) is 3.17. The quantitative estimate of drug-likeness (QED) is 0.518. The molecule has 5 rings (SSSR count). The molecule has 3 aliphatic rings. The summed E-state index contributed by atoms with van der Waals surface area (Å²) in [7, 11) is 0. The Bertz CT molecular complexity index is 840. The van der Waals surface area contributed by atoms with Crippen LogP contribution in [0.5, 0.6) is 0 Å². The van der Waals surface area contributed by atoms with E-state index in [9.17, 15) is 0 Å². The predicted molar refractivity (Wildman–Crippen MR) is 151 cm³/mol. The highest BCUT2D eigenvalue weighted by Gasteiger charge is 2.36. The van der Waals surface area contributed by atoms with Crippen LogP contribution in [-0.2, 0) is 0 Å². The summed E-state index contributed by atoms with van der Waals surface area (Å²) < 4.78 is 2.66. The van der Waals surface area contributed by atoms with Crippen molar-refractivity contribution in [2.24, 2.45) is 0 Å². The number of imidazole rings is 1. The summed E-state index contributed by atoms with van der Waals surface area (Å²) in [4.78, 5) is 8.02. The molecule has 1 atom stereocenters. The van der Waals surface area contributed by atoms with E-state index in [1.165, 1.54) is 101 Å². The van der Waals surface area contributed by atoms with Gasteiger partial charge in [-0.2, -0.15) is 0 Å². The maximum Gasteiger partial charge on any atom is 0.114 e. The highest BCUT2D eigenvalue weighted by molar-refractivity contribution is 5.86. The molecule has 0 unspecified atom stereocenters. The van der Waals surface area contributed by atoms with E-state index < -0.39 is 0 Å². The summed E-state index contributed by atoms with van der Waals surface area (Å²) in [6, 6.07) is 9.43. The lowest BCUT2D eigenvalue weighted by molar-refractivity contribution is 0.0435. The van der Waals surface area contributed by atoms with Gasteiger partial charge in [0.15, 0.2) is 0 Å². The molecule has 1 saturated carbocycles. The molecule has 0 spiro atoms. The third-order valence-corrected chi connectivity index (χ3v) is 8.31. The number of fused-ring (bicyclic) bond motifs is 1. The van der Waals surface area contributed by atoms with E-state index in [2.05, 4.69) is 46.0 Å². The number of aromatic nitrogens is 2. The fourth-order valence-corrected chi connectivity index (χ4v) is 6.45. The zero-order chi connectivity index (χ0) is 20.4. The molecule has 1 aromatic heterocycles. The highest BCUT2D eigenvalue weighted by Crippen LogP contribution is 2.38. The Labute approximate surface area is 224 Å². The van der Waals surface area contributed by atoms with Crippen LogP contribution in [-0.4, -0.2) is 51.6 Å². The Balaban J connectivity index is 0.00000144. The first-order chi connectivity index (χ1) is 14.7. The van der Waals surface area contributed by atoms with Gasteiger partial charge in [0, 0.05) is 37.1 Å². The van der Waals surface area contributed by atoms with Gasteiger partial charge in [-0.15, -0.1) is 37.2 Å². The Hall–Kier alpha value is -0.560. The van der Waals surface area contributed by atoms with Crippen LogP contribution < -0.4 is 5.32 Å². The van der Waals surface area contributed by atoms with Crippen molar-refractivity contribution in [3.05, 3.63) is 30.1 Å². The van der Waals surface area contributed by atoms with Gasteiger partial charge >= 0.3 is 0 Å². The van der Waals surface area contributed by atoms with Gasteiger partial charge in [-0.1, -0.05) is 44.2 Å². The molecular formula is C26H45Cl3N4O. The minimum absolute atomic E-state index is 0. The Morgan fingerprint density at radius 3 is 2.18 bits per heavy atom. The van der Waals surface area contributed by atoms with Crippen molar-refractivity contribution in [1.82, 2.24) is 19.8 Å². The van der Waals surface area contributed by atoms with Gasteiger partial charge in [-0.25, -0.2) is 4.98 Å². The van der Waals surface area contributed by atoms with E-state index in [0.29, 0.717) is 17.5 Å². The Morgan fingerprint density at radius 1 is 0.882 bits per heavy atom. The zero-order valence-corrected chi connectivity index (χ0v) is 23.1. The summed E-state index contributed by atoms with van der Waals surface area (Å²) in [5.74, 6) is 1.91. The number of halogens is 3. The Morgan fingerprint density at radius 2 is 1.53 bits per heavy atom. The number of hydrogen-bond acceptors (Lipinski definition) is 3. The summed E-state index contributed by atoms with van der Waals surface area (Å²) >= 11 is 0. The molecule has 0 bridgehead atoms. The summed E-state index contributed by atoms with van der Waals surface area (Å²) in [5.41, 5.74) is 2.97. The maximum atomic E-state index is 5.17. The van der Waals surface area contributed by atoms with E-state index in [0.717, 1.165) is 13.1 Å². The van der Waals surface area contributed by atoms with Crippen molar-refractivity contribution in [3.63, 3.8) is 0 Å². The van der Waals surface area contributed by atoms with Crippen molar-refractivity contribution in [3.8, 4) is 0 Å². The molecule has 34 heavy (non-hydrogen) atoms. The van der Waals surface area contributed by atoms with Crippen LogP contribution >= 0.6 is 37.2 Å². The van der Waals surface area contributed by atoms with Crippen LogP contribution in [0.3, 0.4) is 0 Å². The molecule has 2 saturated heterocycles. The Kier molecular flexibility index (Phi) is 13.2. The van der Waals surface area contributed by atoms with Crippen LogP contribution in [0.1, 0.15) is 95.3 Å². The first-order valence-electron chi connectivity index (χ1n) is 12.7. The van der Waals surface area contributed by atoms with Crippen molar-refractivity contribution in [1.29, 1.82) is 0 Å². The first kappa shape index (κ1) is 31.5. The largest absolute Gasteiger partial charge is 0.412 e. The van der Waals surface area contributed by atoms with Crippen LogP contribution in [0.25, 0.3) is 11.0 Å². The number of nitrogens with one attached hydrogen (secondary N) is 1. The fraction of sp³-hybridized carbons (Fsp3) is 0.731. The zero-order valence-electron chi connectivity index (χ0n) is 20.6. The minimum atomic E-state index is 0. The predicted octanol–water partition coefficient (Wildman–Crippen LogP) is 6.08. The fourth-order valence-electron chi connectivity index (χ4n) is 6.45. The van der Waals surface area contributed by atoms with Crippen molar-refractivity contribution >= 4 is 48.3 Å². The number of para-hydroxylation sites is 2. The van der Waals surface area contributed by atoms with Crippen molar-refractivity contribution < 1.29 is 5.48 Å². The van der Waals surface area contributed by atoms with E-state index >= 15 is 0 Å². The summed E-state index contributed by atoms with van der Waals surface area (Å²) in [6.45, 7) is 7.30. The van der Waals surface area contributed by atoms with E-state index in [1.54, 1.807) is 0 Å². The van der Waals surface area contributed by atoms with Crippen molar-refractivity contribution in [2.75, 3.05) is 26.2 Å². The molecule has 3 N–H and O–H groups in total. The lowest BCUT2D eigenvalue weighted by Crippen LogP contribution is -2.50. The molecule has 2 aromatic rings. The van der Waals surface area contributed by atoms with Crippen LogP contribution in [0, 0.1) is 0 Å². The van der Waals surface area contributed by atoms with Gasteiger partial charge in [0.2, 0.25) is 0 Å². The molecule has 2 aliphatic heterocycles. The number of nitrogens with zero attached hydrogens (tertiary/aromatic N) is 3. The van der Waals surface area contributed by atoms with Crippen LogP contribution in [0.15, 0.2) is 24.3 Å². The van der Waals surface area contributed by atoms with E-state index in [1.807, 2.05) is 0 Å². The molecule has 0 radical (unpaired) electrons. The molecular weight excluding hydrogens is 491 g/mol. The molecule has 1 aromatic carbocycles. The second-order valence-electron chi connectivity index (χ2n) is 10.4. The van der Waals surface area contributed by atoms with E-state index in [-0.39, 0.29) is 42.7 Å². The molecule has 0 amide bonds. The molecule has 8 heteroatoms. The minimum Gasteiger partial charge on any atom is -0.412 e. The van der Waals surface area contributed by atoms with Gasteiger partial charge < -0.3 is 15.4 Å². The number of likely N-dealkylation sites (tertiary alicyclic amines) is 1. The summed E-state index contributed by atoms with van der Waals surface area (Å²) in [6.07, 6.45) is 15.0. The smallest absolute Gasteiger partial charge is 0.114 e. The third-order valence-electron chi connectivity index (χ3n) is 8.31. The SMILES string of the molecule is CC1(N2CCC(n3c([C@@H]4CCCNC4)nc4ccccc43)CC2)CCCCCCC1.Cl.Cl.Cl.O. The summed E-state index contributed by atoms with van der Waals surface area (Å²) in [5, 5.41) is 3.61. The average molecular weight is 536 g/mol. The second kappa shape index (κ2) is 14.2.